The van der Waals surface area contributed by atoms with E-state index >= 15 is 0 Å². The lowest BCUT2D eigenvalue weighted by Crippen LogP contribution is -2.27. The van der Waals surface area contributed by atoms with Gasteiger partial charge in [0, 0.05) is 26.7 Å². The minimum atomic E-state index is 0.612. The maximum atomic E-state index is 5.71. The van der Waals surface area contributed by atoms with Crippen molar-refractivity contribution in [3.63, 3.8) is 0 Å². The van der Waals surface area contributed by atoms with Crippen LogP contribution in [0.3, 0.4) is 0 Å². The maximum absolute atomic E-state index is 5.71. The zero-order chi connectivity index (χ0) is 17.6. The molecule has 4 nitrogen and oxygen atoms in total. The number of benzene rings is 2. The van der Waals surface area contributed by atoms with Crippen molar-refractivity contribution in [3.8, 4) is 0 Å². The summed E-state index contributed by atoms with van der Waals surface area (Å²) in [6.45, 7) is 5.91. The van der Waals surface area contributed by atoms with E-state index in [1.54, 1.807) is 7.11 Å². The largest absolute Gasteiger partial charge is 0.382 e. The summed E-state index contributed by atoms with van der Waals surface area (Å²) in [5.74, 6) is 0. The van der Waals surface area contributed by atoms with Crippen molar-refractivity contribution < 1.29 is 14.2 Å². The highest BCUT2D eigenvalue weighted by Crippen LogP contribution is 2.09. The van der Waals surface area contributed by atoms with Gasteiger partial charge in [-0.3, -0.25) is 4.90 Å². The summed E-state index contributed by atoms with van der Waals surface area (Å²) in [5, 5.41) is 0. The quantitative estimate of drug-likeness (QED) is 0.522. The Balaban J connectivity index is 1.74. The van der Waals surface area contributed by atoms with Crippen molar-refractivity contribution in [3.05, 3.63) is 71.8 Å². The van der Waals surface area contributed by atoms with Gasteiger partial charge in [0.1, 0.15) is 0 Å². The van der Waals surface area contributed by atoms with Crippen molar-refractivity contribution in [2.45, 2.75) is 13.1 Å². The first-order valence-electron chi connectivity index (χ1n) is 8.83. The summed E-state index contributed by atoms with van der Waals surface area (Å²) >= 11 is 0. The molecule has 136 valence electrons. The highest BCUT2D eigenvalue weighted by Gasteiger charge is 2.07. The van der Waals surface area contributed by atoms with Crippen molar-refractivity contribution in [1.29, 1.82) is 0 Å². The predicted octanol–water partition coefficient (Wildman–Crippen LogP) is 3.37. The Morgan fingerprint density at radius 3 is 1.64 bits per heavy atom. The van der Waals surface area contributed by atoms with Gasteiger partial charge in [-0.1, -0.05) is 60.7 Å². The van der Waals surface area contributed by atoms with Gasteiger partial charge in [-0.05, 0) is 11.1 Å². The highest BCUT2D eigenvalue weighted by atomic mass is 16.5. The Morgan fingerprint density at radius 2 is 1.12 bits per heavy atom. The van der Waals surface area contributed by atoms with Crippen LogP contribution in [-0.4, -0.2) is 51.6 Å². The van der Waals surface area contributed by atoms with Gasteiger partial charge in [0.25, 0.3) is 0 Å². The average Bonchev–Trinajstić information content (AvgIpc) is 2.65. The molecule has 0 saturated heterocycles. The summed E-state index contributed by atoms with van der Waals surface area (Å²) in [6, 6.07) is 21.1. The molecule has 0 N–H and O–H groups in total. The molecule has 0 aliphatic rings. The maximum Gasteiger partial charge on any atom is 0.0701 e. The molecule has 2 aromatic rings. The lowest BCUT2D eigenvalue weighted by atomic mass is 10.1. The minimum Gasteiger partial charge on any atom is -0.382 e. The summed E-state index contributed by atoms with van der Waals surface area (Å²) in [6.07, 6.45) is 0. The van der Waals surface area contributed by atoms with Gasteiger partial charge in [-0.15, -0.1) is 0 Å². The zero-order valence-corrected chi connectivity index (χ0v) is 15.1. The minimum absolute atomic E-state index is 0.612. The van der Waals surface area contributed by atoms with E-state index in [2.05, 4.69) is 65.6 Å². The molecule has 0 fully saturated rings. The van der Waals surface area contributed by atoms with Crippen molar-refractivity contribution in [2.24, 2.45) is 0 Å². The Labute approximate surface area is 151 Å². The molecule has 2 aromatic carbocycles. The Kier molecular flexibility index (Phi) is 9.89. The van der Waals surface area contributed by atoms with Crippen molar-refractivity contribution >= 4 is 0 Å². The zero-order valence-electron chi connectivity index (χ0n) is 15.1. The first-order valence-corrected chi connectivity index (χ1v) is 8.83. The van der Waals surface area contributed by atoms with Crippen LogP contribution >= 0.6 is 0 Å². The van der Waals surface area contributed by atoms with E-state index in [1.165, 1.54) is 11.1 Å². The summed E-state index contributed by atoms with van der Waals surface area (Å²) in [7, 11) is 1.67. The molecule has 0 spiro atoms. The molecular weight excluding hydrogens is 314 g/mol. The number of nitrogens with zero attached hydrogens (tertiary/aromatic N) is 1. The monoisotopic (exact) mass is 343 g/mol. The van der Waals surface area contributed by atoms with E-state index in [1.807, 2.05) is 0 Å². The molecule has 0 unspecified atom stereocenters. The van der Waals surface area contributed by atoms with Crippen LogP contribution in [-0.2, 0) is 27.3 Å². The molecule has 0 amide bonds. The second-order valence-electron chi connectivity index (χ2n) is 5.90. The molecule has 0 aliphatic heterocycles. The number of hydrogen-bond acceptors (Lipinski definition) is 4. The van der Waals surface area contributed by atoms with Gasteiger partial charge in [-0.2, -0.15) is 0 Å². The van der Waals surface area contributed by atoms with Gasteiger partial charge >= 0.3 is 0 Å². The first kappa shape index (κ1) is 19.6. The Morgan fingerprint density at radius 1 is 0.640 bits per heavy atom. The molecule has 0 atom stereocenters. The van der Waals surface area contributed by atoms with Crippen LogP contribution in [0.2, 0.25) is 0 Å². The Bertz CT molecular complexity index is 506. The van der Waals surface area contributed by atoms with E-state index in [-0.39, 0.29) is 0 Å². The van der Waals surface area contributed by atoms with Gasteiger partial charge in [0.2, 0.25) is 0 Å². The van der Waals surface area contributed by atoms with Gasteiger partial charge in [0.05, 0.1) is 33.0 Å². The van der Waals surface area contributed by atoms with Crippen LogP contribution in [0.15, 0.2) is 60.7 Å². The molecule has 0 heterocycles. The SMILES string of the molecule is COCCOCCOCCN(Cc1ccccc1)Cc1ccccc1. The first-order chi connectivity index (χ1) is 12.4. The van der Waals surface area contributed by atoms with Gasteiger partial charge in [-0.25, -0.2) is 0 Å². The van der Waals surface area contributed by atoms with Crippen LogP contribution in [0.4, 0.5) is 0 Å². The summed E-state index contributed by atoms with van der Waals surface area (Å²) < 4.78 is 16.1. The molecule has 0 radical (unpaired) electrons. The fourth-order valence-electron chi connectivity index (χ4n) is 2.56. The third-order valence-electron chi connectivity index (χ3n) is 3.85. The van der Waals surface area contributed by atoms with Crippen LogP contribution in [0.5, 0.6) is 0 Å². The average molecular weight is 343 g/mol. The molecule has 0 bridgehead atoms. The van der Waals surface area contributed by atoms with Crippen molar-refractivity contribution in [1.82, 2.24) is 4.90 Å². The van der Waals surface area contributed by atoms with E-state index in [0.717, 1.165) is 19.6 Å². The van der Waals surface area contributed by atoms with E-state index in [0.29, 0.717) is 33.0 Å². The standard InChI is InChI=1S/C21H29NO3/c1-23-14-15-25-17-16-24-13-12-22(18-20-8-4-2-5-9-20)19-21-10-6-3-7-11-21/h2-11H,12-19H2,1H3. The lowest BCUT2D eigenvalue weighted by Gasteiger charge is -2.22. The lowest BCUT2D eigenvalue weighted by molar-refractivity contribution is 0.0184. The third-order valence-corrected chi connectivity index (χ3v) is 3.85. The third kappa shape index (κ3) is 8.79. The van der Waals surface area contributed by atoms with E-state index < -0.39 is 0 Å². The predicted molar refractivity (Wildman–Crippen MR) is 101 cm³/mol. The van der Waals surface area contributed by atoms with Crippen LogP contribution in [0.1, 0.15) is 11.1 Å². The van der Waals surface area contributed by atoms with Crippen LogP contribution < -0.4 is 0 Å². The smallest absolute Gasteiger partial charge is 0.0701 e. The molecular formula is C21H29NO3. The van der Waals surface area contributed by atoms with Crippen LogP contribution in [0, 0.1) is 0 Å². The fraction of sp³-hybridized carbons (Fsp3) is 0.429. The van der Waals surface area contributed by atoms with E-state index in [4.69, 9.17) is 14.2 Å². The summed E-state index contributed by atoms with van der Waals surface area (Å²) in [5.41, 5.74) is 2.64. The van der Waals surface area contributed by atoms with Crippen LogP contribution in [0.25, 0.3) is 0 Å². The number of methoxy groups -OCH3 is 1. The number of rotatable bonds is 13. The highest BCUT2D eigenvalue weighted by molar-refractivity contribution is 5.17. The van der Waals surface area contributed by atoms with E-state index in [9.17, 15) is 0 Å². The molecule has 0 aromatic heterocycles. The molecule has 4 heteroatoms. The molecule has 0 aliphatic carbocycles. The number of ether oxygens (including phenoxy) is 3. The second kappa shape index (κ2) is 12.6. The second-order valence-corrected chi connectivity index (χ2v) is 5.90. The molecule has 2 rings (SSSR count). The molecule has 0 saturated carbocycles. The number of hydrogen-bond donors (Lipinski definition) is 0. The normalized spacial score (nSPS) is 11.1. The topological polar surface area (TPSA) is 30.9 Å². The fourth-order valence-corrected chi connectivity index (χ4v) is 2.56. The van der Waals surface area contributed by atoms with Gasteiger partial charge in [0.15, 0.2) is 0 Å². The van der Waals surface area contributed by atoms with Crippen molar-refractivity contribution in [2.75, 3.05) is 46.7 Å². The van der Waals surface area contributed by atoms with Gasteiger partial charge < -0.3 is 14.2 Å². The summed E-state index contributed by atoms with van der Waals surface area (Å²) in [4.78, 5) is 2.41. The Hall–Kier alpha value is -1.72. The molecule has 25 heavy (non-hydrogen) atoms.